The summed E-state index contributed by atoms with van der Waals surface area (Å²) in [4.78, 5) is 0. The molecule has 0 aliphatic carbocycles. The lowest BCUT2D eigenvalue weighted by Gasteiger charge is -2.00. The minimum Gasteiger partial charge on any atom is -0.304 e. The summed E-state index contributed by atoms with van der Waals surface area (Å²) in [5.74, 6) is 6.19. The summed E-state index contributed by atoms with van der Waals surface area (Å²) in [6.45, 7) is 2.46. The van der Waals surface area contributed by atoms with Crippen molar-refractivity contribution in [1.29, 1.82) is 0 Å². The Bertz CT molecular complexity index is 477. The van der Waals surface area contributed by atoms with Gasteiger partial charge in [0.2, 0.25) is 0 Å². The van der Waals surface area contributed by atoms with Crippen molar-refractivity contribution < 1.29 is 0 Å². The van der Waals surface area contributed by atoms with Gasteiger partial charge in [-0.3, -0.25) is 4.68 Å². The predicted molar refractivity (Wildman–Crippen MR) is 68.4 cm³/mol. The summed E-state index contributed by atoms with van der Waals surface area (Å²) in [5.41, 5.74) is 1.06. The summed E-state index contributed by atoms with van der Waals surface area (Å²) in [5, 5.41) is 7.38. The highest BCUT2D eigenvalue weighted by Crippen LogP contribution is 1.94. The van der Waals surface area contributed by atoms with Gasteiger partial charge in [-0.1, -0.05) is 30.0 Å². The van der Waals surface area contributed by atoms with E-state index in [0.717, 1.165) is 18.7 Å². The first kappa shape index (κ1) is 11.4. The fourth-order valence-corrected chi connectivity index (χ4v) is 1.44. The number of nitrogens with one attached hydrogen (secondary N) is 1. The van der Waals surface area contributed by atoms with Crippen LogP contribution >= 0.6 is 0 Å². The van der Waals surface area contributed by atoms with E-state index in [0.29, 0.717) is 6.54 Å². The van der Waals surface area contributed by atoms with Crippen molar-refractivity contribution in [3.8, 4) is 11.8 Å². The Hall–Kier alpha value is -2.05. The van der Waals surface area contributed by atoms with Gasteiger partial charge in [0.15, 0.2) is 0 Å². The molecule has 2 aromatic rings. The van der Waals surface area contributed by atoms with Crippen LogP contribution in [0.3, 0.4) is 0 Å². The van der Waals surface area contributed by atoms with E-state index >= 15 is 0 Å². The van der Waals surface area contributed by atoms with E-state index in [9.17, 15) is 0 Å². The zero-order valence-electron chi connectivity index (χ0n) is 9.63. The van der Waals surface area contributed by atoms with Crippen LogP contribution < -0.4 is 5.32 Å². The van der Waals surface area contributed by atoms with Crippen molar-refractivity contribution in [1.82, 2.24) is 15.1 Å². The first-order chi connectivity index (χ1) is 8.45. The summed E-state index contributed by atoms with van der Waals surface area (Å²) < 4.78 is 1.90. The third-order valence-electron chi connectivity index (χ3n) is 2.30. The van der Waals surface area contributed by atoms with Crippen LogP contribution in [0.1, 0.15) is 5.56 Å². The topological polar surface area (TPSA) is 29.9 Å². The molecular formula is C14H15N3. The minimum absolute atomic E-state index is 0.705. The maximum atomic E-state index is 4.12. The van der Waals surface area contributed by atoms with Gasteiger partial charge in [-0.25, -0.2) is 0 Å². The van der Waals surface area contributed by atoms with Crippen molar-refractivity contribution in [2.45, 2.75) is 6.54 Å². The van der Waals surface area contributed by atoms with E-state index in [1.807, 2.05) is 47.3 Å². The molecular weight excluding hydrogens is 210 g/mol. The van der Waals surface area contributed by atoms with Gasteiger partial charge in [-0.15, -0.1) is 0 Å². The zero-order chi connectivity index (χ0) is 11.8. The van der Waals surface area contributed by atoms with Crippen LogP contribution in [-0.2, 0) is 6.54 Å². The second-order valence-electron chi connectivity index (χ2n) is 3.61. The summed E-state index contributed by atoms with van der Waals surface area (Å²) in [7, 11) is 0. The summed E-state index contributed by atoms with van der Waals surface area (Å²) >= 11 is 0. The first-order valence-electron chi connectivity index (χ1n) is 5.67. The Morgan fingerprint density at radius 1 is 1.18 bits per heavy atom. The molecule has 3 heteroatoms. The van der Waals surface area contributed by atoms with Crippen LogP contribution in [0.25, 0.3) is 0 Å². The third-order valence-corrected chi connectivity index (χ3v) is 2.30. The second-order valence-corrected chi connectivity index (χ2v) is 3.61. The largest absolute Gasteiger partial charge is 0.304 e. The molecule has 0 unspecified atom stereocenters. The predicted octanol–water partition coefficient (Wildman–Crippen LogP) is 1.52. The van der Waals surface area contributed by atoms with Crippen LogP contribution in [-0.4, -0.2) is 22.9 Å². The number of rotatable bonds is 4. The van der Waals surface area contributed by atoms with Gasteiger partial charge < -0.3 is 5.32 Å². The molecule has 3 nitrogen and oxygen atoms in total. The van der Waals surface area contributed by atoms with Crippen molar-refractivity contribution in [3.63, 3.8) is 0 Å². The van der Waals surface area contributed by atoms with Gasteiger partial charge in [0.1, 0.15) is 0 Å². The summed E-state index contributed by atoms with van der Waals surface area (Å²) in [6, 6.07) is 11.9. The van der Waals surface area contributed by atoms with Crippen LogP contribution in [0.5, 0.6) is 0 Å². The van der Waals surface area contributed by atoms with Crippen molar-refractivity contribution in [2.75, 3.05) is 13.1 Å². The molecule has 86 valence electrons. The SMILES string of the molecule is C(#Cc1ccccc1)CNCCn1cccn1. The molecule has 1 heterocycles. The van der Waals surface area contributed by atoms with E-state index in [1.54, 1.807) is 6.20 Å². The third kappa shape index (κ3) is 4.13. The molecule has 0 atom stereocenters. The lowest BCUT2D eigenvalue weighted by atomic mass is 10.2. The average molecular weight is 225 g/mol. The standard InChI is InChI=1S/C14H15N3/c1-2-6-14(7-3-1)8-4-9-15-11-13-17-12-5-10-16-17/h1-3,5-7,10,12,15H,9,11,13H2. The molecule has 17 heavy (non-hydrogen) atoms. The average Bonchev–Trinajstić information content (AvgIpc) is 2.88. The molecule has 0 saturated heterocycles. The van der Waals surface area contributed by atoms with Crippen LogP contribution in [0, 0.1) is 11.8 Å². The lowest BCUT2D eigenvalue weighted by Crippen LogP contribution is -2.20. The molecule has 0 amide bonds. The van der Waals surface area contributed by atoms with Crippen molar-refractivity contribution in [2.24, 2.45) is 0 Å². The fraction of sp³-hybridized carbons (Fsp3) is 0.214. The number of hydrogen-bond acceptors (Lipinski definition) is 2. The van der Waals surface area contributed by atoms with Crippen LogP contribution in [0.2, 0.25) is 0 Å². The molecule has 1 aromatic heterocycles. The Labute approximate surface area is 101 Å². The maximum Gasteiger partial charge on any atom is 0.0580 e. The summed E-state index contributed by atoms with van der Waals surface area (Å²) in [6.07, 6.45) is 3.74. The Morgan fingerprint density at radius 2 is 2.06 bits per heavy atom. The van der Waals surface area contributed by atoms with E-state index in [4.69, 9.17) is 0 Å². The minimum atomic E-state index is 0.705. The van der Waals surface area contributed by atoms with Crippen LogP contribution in [0.15, 0.2) is 48.8 Å². The maximum absolute atomic E-state index is 4.12. The monoisotopic (exact) mass is 225 g/mol. The van der Waals surface area contributed by atoms with E-state index in [2.05, 4.69) is 22.3 Å². The molecule has 0 aliphatic rings. The van der Waals surface area contributed by atoms with Crippen LogP contribution in [0.4, 0.5) is 0 Å². The number of nitrogens with zero attached hydrogens (tertiary/aromatic N) is 2. The molecule has 2 rings (SSSR count). The Kier molecular flexibility index (Phi) is 4.38. The first-order valence-corrected chi connectivity index (χ1v) is 5.67. The molecule has 0 aliphatic heterocycles. The molecule has 0 radical (unpaired) electrons. The fourth-order valence-electron chi connectivity index (χ4n) is 1.44. The van der Waals surface area contributed by atoms with Gasteiger partial charge in [-0.05, 0) is 18.2 Å². The van der Waals surface area contributed by atoms with E-state index in [-0.39, 0.29) is 0 Å². The molecule has 0 spiro atoms. The van der Waals surface area contributed by atoms with Gasteiger partial charge in [0.05, 0.1) is 13.1 Å². The van der Waals surface area contributed by atoms with Crippen molar-refractivity contribution in [3.05, 3.63) is 54.4 Å². The Balaban J connectivity index is 1.65. The van der Waals surface area contributed by atoms with E-state index in [1.165, 1.54) is 0 Å². The lowest BCUT2D eigenvalue weighted by molar-refractivity contribution is 0.575. The van der Waals surface area contributed by atoms with Gasteiger partial charge in [-0.2, -0.15) is 5.10 Å². The van der Waals surface area contributed by atoms with E-state index < -0.39 is 0 Å². The molecule has 0 saturated carbocycles. The second kappa shape index (κ2) is 6.51. The zero-order valence-corrected chi connectivity index (χ0v) is 9.63. The van der Waals surface area contributed by atoms with Gasteiger partial charge in [0.25, 0.3) is 0 Å². The number of aromatic nitrogens is 2. The highest BCUT2D eigenvalue weighted by Gasteiger charge is 1.88. The molecule has 0 fully saturated rings. The highest BCUT2D eigenvalue weighted by atomic mass is 15.3. The molecule has 1 N–H and O–H groups in total. The van der Waals surface area contributed by atoms with Gasteiger partial charge in [0, 0.05) is 24.5 Å². The Morgan fingerprint density at radius 3 is 2.82 bits per heavy atom. The highest BCUT2D eigenvalue weighted by molar-refractivity contribution is 5.33. The number of benzene rings is 1. The molecule has 0 bridgehead atoms. The normalized spacial score (nSPS) is 9.65. The smallest absolute Gasteiger partial charge is 0.0580 e. The number of hydrogen-bond donors (Lipinski definition) is 1. The van der Waals surface area contributed by atoms with Gasteiger partial charge >= 0.3 is 0 Å². The quantitative estimate of drug-likeness (QED) is 0.631. The molecule has 1 aromatic carbocycles. The van der Waals surface area contributed by atoms with Crippen molar-refractivity contribution >= 4 is 0 Å².